The fourth-order valence-electron chi connectivity index (χ4n) is 3.24. The Hall–Kier alpha value is -3.93. The lowest BCUT2D eigenvalue weighted by atomic mass is 10.1. The Morgan fingerprint density at radius 1 is 1.00 bits per heavy atom. The van der Waals surface area contributed by atoms with Gasteiger partial charge in [-0.1, -0.05) is 13.0 Å². The van der Waals surface area contributed by atoms with E-state index in [2.05, 4.69) is 27.5 Å². The first-order valence-corrected chi connectivity index (χ1v) is 9.86. The number of nitrogens with one attached hydrogen (secondary N) is 2. The highest BCUT2D eigenvalue weighted by molar-refractivity contribution is 6.05. The van der Waals surface area contributed by atoms with Crippen LogP contribution in [-0.2, 0) is 6.42 Å². The first-order chi connectivity index (χ1) is 14.6. The van der Waals surface area contributed by atoms with Crippen LogP contribution in [-0.4, -0.2) is 20.4 Å². The van der Waals surface area contributed by atoms with Gasteiger partial charge in [0.25, 0.3) is 5.91 Å². The zero-order valence-electron chi connectivity index (χ0n) is 17.0. The fourth-order valence-corrected chi connectivity index (χ4v) is 3.24. The first-order valence-electron chi connectivity index (χ1n) is 9.86. The molecule has 0 atom stereocenters. The summed E-state index contributed by atoms with van der Waals surface area (Å²) < 4.78 is 2.00. The van der Waals surface area contributed by atoms with Gasteiger partial charge in [0, 0.05) is 46.8 Å². The zero-order valence-corrected chi connectivity index (χ0v) is 17.0. The molecule has 6 nitrogen and oxygen atoms in total. The van der Waals surface area contributed by atoms with Gasteiger partial charge in [0.1, 0.15) is 12.1 Å². The molecular formula is C24H23N5O. The lowest BCUT2D eigenvalue weighted by Gasteiger charge is -2.13. The topological polar surface area (TPSA) is 71.8 Å². The number of rotatable bonds is 6. The third kappa shape index (κ3) is 4.38. The quantitative estimate of drug-likeness (QED) is 0.473. The zero-order chi connectivity index (χ0) is 20.9. The molecule has 0 unspecified atom stereocenters. The smallest absolute Gasteiger partial charge is 0.255 e. The number of carbonyl (C=O) groups excluding carboxylic acids is 1. The molecule has 0 saturated carbocycles. The van der Waals surface area contributed by atoms with Crippen molar-refractivity contribution in [1.82, 2.24) is 14.5 Å². The summed E-state index contributed by atoms with van der Waals surface area (Å²) in [6, 6.07) is 19.3. The van der Waals surface area contributed by atoms with Crippen LogP contribution in [0.25, 0.3) is 5.69 Å². The van der Waals surface area contributed by atoms with Crippen LogP contribution in [0.2, 0.25) is 0 Å². The number of benzene rings is 2. The number of hydrogen-bond acceptors (Lipinski definition) is 4. The normalized spacial score (nSPS) is 10.6. The molecule has 0 aliphatic heterocycles. The Balaban J connectivity index is 1.53. The predicted octanol–water partition coefficient (Wildman–Crippen LogP) is 5.13. The number of nitrogens with zero attached hydrogens (tertiary/aromatic N) is 3. The Kier molecular flexibility index (Phi) is 5.57. The van der Waals surface area contributed by atoms with E-state index < -0.39 is 0 Å². The maximum absolute atomic E-state index is 12.8. The Morgan fingerprint density at radius 2 is 1.77 bits per heavy atom. The van der Waals surface area contributed by atoms with Crippen molar-refractivity contribution in [1.29, 1.82) is 0 Å². The Morgan fingerprint density at radius 3 is 2.47 bits per heavy atom. The van der Waals surface area contributed by atoms with Crippen molar-refractivity contribution in [2.45, 2.75) is 20.3 Å². The van der Waals surface area contributed by atoms with Gasteiger partial charge in [-0.3, -0.25) is 4.79 Å². The van der Waals surface area contributed by atoms with Gasteiger partial charge in [0.15, 0.2) is 0 Å². The number of amides is 1. The van der Waals surface area contributed by atoms with E-state index in [0.717, 1.165) is 34.7 Å². The van der Waals surface area contributed by atoms with Crippen molar-refractivity contribution in [3.05, 3.63) is 96.2 Å². The summed E-state index contributed by atoms with van der Waals surface area (Å²) in [5.74, 6) is 0.573. The standard InChI is InChI=1S/C24H23N5O/c1-3-18-6-9-20(27-23-14-17(2)25-16-26-23)15-22(18)28-24(30)19-7-10-21(11-8-19)29-12-4-5-13-29/h4-16H,3H2,1-2H3,(H,28,30)(H,25,26,27). The van der Waals surface area contributed by atoms with Crippen LogP contribution in [0.1, 0.15) is 28.5 Å². The van der Waals surface area contributed by atoms with Crippen LogP contribution >= 0.6 is 0 Å². The molecule has 0 aliphatic rings. The molecule has 4 rings (SSSR count). The number of aromatic nitrogens is 3. The molecule has 0 saturated heterocycles. The van der Waals surface area contributed by atoms with Crippen molar-refractivity contribution in [2.75, 3.05) is 10.6 Å². The van der Waals surface area contributed by atoms with Gasteiger partial charge < -0.3 is 15.2 Å². The minimum Gasteiger partial charge on any atom is -0.340 e. The Labute approximate surface area is 175 Å². The largest absolute Gasteiger partial charge is 0.340 e. The van der Waals surface area contributed by atoms with Crippen molar-refractivity contribution in [3.8, 4) is 5.69 Å². The third-order valence-corrected chi connectivity index (χ3v) is 4.85. The third-order valence-electron chi connectivity index (χ3n) is 4.85. The van der Waals surface area contributed by atoms with Gasteiger partial charge >= 0.3 is 0 Å². The van der Waals surface area contributed by atoms with Crippen LogP contribution in [0.4, 0.5) is 17.2 Å². The van der Waals surface area contributed by atoms with Gasteiger partial charge in [-0.05, 0) is 67.4 Å². The van der Waals surface area contributed by atoms with Gasteiger partial charge in [-0.25, -0.2) is 9.97 Å². The highest BCUT2D eigenvalue weighted by atomic mass is 16.1. The molecule has 2 heterocycles. The fraction of sp³-hybridized carbons (Fsp3) is 0.125. The van der Waals surface area contributed by atoms with Crippen LogP contribution < -0.4 is 10.6 Å². The minimum absolute atomic E-state index is 0.140. The molecule has 0 aliphatic carbocycles. The Bertz CT molecular complexity index is 1150. The summed E-state index contributed by atoms with van der Waals surface area (Å²) in [5, 5.41) is 6.32. The maximum atomic E-state index is 12.8. The average molecular weight is 397 g/mol. The molecule has 4 aromatic rings. The lowest BCUT2D eigenvalue weighted by molar-refractivity contribution is 0.102. The highest BCUT2D eigenvalue weighted by Gasteiger charge is 2.10. The maximum Gasteiger partial charge on any atom is 0.255 e. The molecule has 30 heavy (non-hydrogen) atoms. The van der Waals surface area contributed by atoms with Crippen LogP contribution in [0, 0.1) is 6.92 Å². The van der Waals surface area contributed by atoms with Crippen LogP contribution in [0.15, 0.2) is 79.4 Å². The second-order valence-corrected chi connectivity index (χ2v) is 6.99. The van der Waals surface area contributed by atoms with E-state index in [9.17, 15) is 4.79 Å². The van der Waals surface area contributed by atoms with E-state index in [1.54, 1.807) is 0 Å². The SMILES string of the molecule is CCc1ccc(Nc2cc(C)ncn2)cc1NC(=O)c1ccc(-n2cccc2)cc1. The van der Waals surface area contributed by atoms with Gasteiger partial charge in [-0.2, -0.15) is 0 Å². The molecule has 0 spiro atoms. The van der Waals surface area contributed by atoms with E-state index in [4.69, 9.17) is 0 Å². The van der Waals surface area contributed by atoms with Crippen molar-refractivity contribution in [3.63, 3.8) is 0 Å². The number of anilines is 3. The van der Waals surface area contributed by atoms with Crippen LogP contribution in [0.5, 0.6) is 0 Å². The van der Waals surface area contributed by atoms with Crippen molar-refractivity contribution in [2.24, 2.45) is 0 Å². The summed E-state index contributed by atoms with van der Waals surface area (Å²) in [7, 11) is 0. The lowest BCUT2D eigenvalue weighted by Crippen LogP contribution is -2.13. The van der Waals surface area contributed by atoms with Crippen molar-refractivity contribution >= 4 is 23.1 Å². The van der Waals surface area contributed by atoms with E-state index in [1.165, 1.54) is 6.33 Å². The summed E-state index contributed by atoms with van der Waals surface area (Å²) in [4.78, 5) is 21.2. The molecule has 0 radical (unpaired) electrons. The number of hydrogen-bond donors (Lipinski definition) is 2. The predicted molar refractivity (Wildman–Crippen MR) is 120 cm³/mol. The number of carbonyl (C=O) groups is 1. The van der Waals surface area contributed by atoms with Gasteiger partial charge in [0.05, 0.1) is 0 Å². The minimum atomic E-state index is -0.140. The summed E-state index contributed by atoms with van der Waals surface area (Å²) in [6.45, 7) is 3.98. The van der Waals surface area contributed by atoms with Crippen LogP contribution in [0.3, 0.4) is 0 Å². The summed E-state index contributed by atoms with van der Waals surface area (Å²) in [5.41, 5.74) is 5.21. The first kappa shape index (κ1) is 19.4. The summed E-state index contributed by atoms with van der Waals surface area (Å²) >= 11 is 0. The second kappa shape index (κ2) is 8.61. The molecule has 0 bridgehead atoms. The molecule has 150 valence electrons. The molecule has 2 N–H and O–H groups in total. The molecule has 6 heteroatoms. The summed E-state index contributed by atoms with van der Waals surface area (Å²) in [6.07, 6.45) is 6.29. The second-order valence-electron chi connectivity index (χ2n) is 6.99. The number of aryl methyl sites for hydroxylation is 2. The van der Waals surface area contributed by atoms with Gasteiger partial charge in [-0.15, -0.1) is 0 Å². The molecule has 0 fully saturated rings. The molecule has 1 amide bonds. The molecule has 2 aromatic heterocycles. The van der Waals surface area contributed by atoms with E-state index in [-0.39, 0.29) is 5.91 Å². The molecule has 2 aromatic carbocycles. The highest BCUT2D eigenvalue weighted by Crippen LogP contribution is 2.24. The molecular weight excluding hydrogens is 374 g/mol. The van der Waals surface area contributed by atoms with Gasteiger partial charge in [0.2, 0.25) is 0 Å². The van der Waals surface area contributed by atoms with E-state index in [0.29, 0.717) is 11.4 Å². The average Bonchev–Trinajstić information content (AvgIpc) is 3.29. The van der Waals surface area contributed by atoms with E-state index >= 15 is 0 Å². The monoisotopic (exact) mass is 397 g/mol. The van der Waals surface area contributed by atoms with E-state index in [1.807, 2.05) is 84.5 Å². The van der Waals surface area contributed by atoms with Crippen molar-refractivity contribution < 1.29 is 4.79 Å².